The van der Waals surface area contributed by atoms with E-state index in [2.05, 4.69) is 5.32 Å². The molecular weight excluding hydrogens is 341 g/mol. The lowest BCUT2D eigenvalue weighted by molar-refractivity contribution is -0.118. The van der Waals surface area contributed by atoms with Crippen LogP contribution in [0.4, 0.5) is 10.1 Å². The number of hydrogen-bond donors (Lipinski definition) is 1. The first-order valence-corrected chi connectivity index (χ1v) is 8.03. The summed E-state index contributed by atoms with van der Waals surface area (Å²) >= 11 is 5.69. The highest BCUT2D eigenvalue weighted by atomic mass is 35.5. The molecule has 0 aliphatic carbocycles. The third kappa shape index (κ3) is 4.37. The van der Waals surface area contributed by atoms with Crippen LogP contribution in [0.5, 0.6) is 5.75 Å². The number of benzene rings is 3. The van der Waals surface area contributed by atoms with Crippen molar-refractivity contribution < 1.29 is 13.9 Å². The van der Waals surface area contributed by atoms with E-state index >= 15 is 0 Å². The Morgan fingerprint density at radius 3 is 2.48 bits per heavy atom. The van der Waals surface area contributed by atoms with Crippen molar-refractivity contribution in [3.05, 3.63) is 83.6 Å². The summed E-state index contributed by atoms with van der Waals surface area (Å²) in [5.74, 6) is -0.463. The zero-order chi connectivity index (χ0) is 17.6. The minimum Gasteiger partial charge on any atom is -0.483 e. The number of hydrogen-bond acceptors (Lipinski definition) is 2. The van der Waals surface area contributed by atoms with E-state index in [1.54, 1.807) is 6.07 Å². The first kappa shape index (κ1) is 17.0. The molecule has 126 valence electrons. The Bertz CT molecular complexity index is 884. The largest absolute Gasteiger partial charge is 0.483 e. The average molecular weight is 356 g/mol. The summed E-state index contributed by atoms with van der Waals surface area (Å²) in [5, 5.41) is 2.74. The number of halogens is 2. The van der Waals surface area contributed by atoms with Crippen LogP contribution in [-0.4, -0.2) is 12.5 Å². The van der Waals surface area contributed by atoms with Crippen LogP contribution < -0.4 is 10.1 Å². The molecule has 0 saturated carbocycles. The normalized spacial score (nSPS) is 10.3. The van der Waals surface area contributed by atoms with Crippen LogP contribution in [0.1, 0.15) is 0 Å². The molecule has 0 saturated heterocycles. The van der Waals surface area contributed by atoms with E-state index in [1.165, 1.54) is 12.1 Å². The van der Waals surface area contributed by atoms with Gasteiger partial charge >= 0.3 is 0 Å². The Morgan fingerprint density at radius 2 is 1.72 bits per heavy atom. The van der Waals surface area contributed by atoms with Crippen LogP contribution in [0, 0.1) is 5.82 Å². The zero-order valence-electron chi connectivity index (χ0n) is 13.2. The van der Waals surface area contributed by atoms with Gasteiger partial charge in [-0.05, 0) is 29.8 Å². The molecule has 0 atom stereocenters. The number of nitrogens with one attached hydrogen (secondary N) is 1. The van der Waals surface area contributed by atoms with Gasteiger partial charge in [-0.1, -0.05) is 60.1 Å². The van der Waals surface area contributed by atoms with Crippen molar-refractivity contribution in [3.8, 4) is 16.9 Å². The third-order valence-corrected chi connectivity index (χ3v) is 3.77. The average Bonchev–Trinajstić information content (AvgIpc) is 2.63. The Balaban J connectivity index is 1.69. The Morgan fingerprint density at radius 1 is 1.00 bits per heavy atom. The highest BCUT2D eigenvalue weighted by Crippen LogP contribution is 2.29. The van der Waals surface area contributed by atoms with Crippen LogP contribution in [0.25, 0.3) is 11.1 Å². The van der Waals surface area contributed by atoms with Gasteiger partial charge in [0.15, 0.2) is 6.61 Å². The minimum absolute atomic E-state index is 0.0642. The predicted molar refractivity (Wildman–Crippen MR) is 97.4 cm³/mol. The molecule has 3 rings (SSSR count). The SMILES string of the molecule is O=C(COc1ccccc1-c1ccccc1)Nc1ccc(Cl)cc1F. The van der Waals surface area contributed by atoms with Gasteiger partial charge in [0.05, 0.1) is 5.69 Å². The number of carbonyl (C=O) groups is 1. The van der Waals surface area contributed by atoms with Crippen molar-refractivity contribution in [1.82, 2.24) is 0 Å². The second-order valence-corrected chi connectivity index (χ2v) is 5.76. The molecule has 3 aromatic carbocycles. The highest BCUT2D eigenvalue weighted by Gasteiger charge is 2.10. The summed E-state index contributed by atoms with van der Waals surface area (Å²) < 4.78 is 19.3. The van der Waals surface area contributed by atoms with E-state index in [0.717, 1.165) is 17.2 Å². The van der Waals surface area contributed by atoms with Crippen LogP contribution in [0.15, 0.2) is 72.8 Å². The molecule has 0 fully saturated rings. The van der Waals surface area contributed by atoms with Crippen molar-refractivity contribution in [2.45, 2.75) is 0 Å². The molecule has 25 heavy (non-hydrogen) atoms. The minimum atomic E-state index is -0.592. The summed E-state index contributed by atoms with van der Waals surface area (Å²) in [4.78, 5) is 12.0. The highest BCUT2D eigenvalue weighted by molar-refractivity contribution is 6.30. The quantitative estimate of drug-likeness (QED) is 0.686. The Labute approximate surface area is 150 Å². The molecule has 0 unspecified atom stereocenters. The van der Waals surface area contributed by atoms with Crippen LogP contribution >= 0.6 is 11.6 Å². The van der Waals surface area contributed by atoms with Gasteiger partial charge in [0.25, 0.3) is 5.91 Å². The van der Waals surface area contributed by atoms with E-state index < -0.39 is 11.7 Å². The monoisotopic (exact) mass is 355 g/mol. The van der Waals surface area contributed by atoms with Crippen LogP contribution in [0.3, 0.4) is 0 Å². The first-order valence-electron chi connectivity index (χ1n) is 7.65. The molecule has 0 aromatic heterocycles. The van der Waals surface area contributed by atoms with E-state index in [9.17, 15) is 9.18 Å². The number of ether oxygens (including phenoxy) is 1. The van der Waals surface area contributed by atoms with E-state index in [4.69, 9.17) is 16.3 Å². The van der Waals surface area contributed by atoms with E-state index in [1.807, 2.05) is 48.5 Å². The van der Waals surface area contributed by atoms with Gasteiger partial charge < -0.3 is 10.1 Å². The van der Waals surface area contributed by atoms with Gasteiger partial charge in [0, 0.05) is 10.6 Å². The van der Waals surface area contributed by atoms with Crippen molar-refractivity contribution in [3.63, 3.8) is 0 Å². The molecule has 0 aliphatic rings. The van der Waals surface area contributed by atoms with Crippen LogP contribution in [-0.2, 0) is 4.79 Å². The van der Waals surface area contributed by atoms with E-state index in [0.29, 0.717) is 5.75 Å². The molecule has 5 heteroatoms. The lowest BCUT2D eigenvalue weighted by Gasteiger charge is -2.12. The molecule has 0 aliphatic heterocycles. The second kappa shape index (κ2) is 7.81. The predicted octanol–water partition coefficient (Wildman–Crippen LogP) is 5.16. The molecule has 0 heterocycles. The first-order chi connectivity index (χ1) is 12.1. The lowest BCUT2D eigenvalue weighted by atomic mass is 10.1. The summed E-state index contributed by atoms with van der Waals surface area (Å²) in [6, 6.07) is 21.2. The van der Waals surface area contributed by atoms with Crippen molar-refractivity contribution >= 4 is 23.2 Å². The molecule has 1 amide bonds. The number of amides is 1. The molecule has 0 radical (unpaired) electrons. The maximum Gasteiger partial charge on any atom is 0.262 e. The topological polar surface area (TPSA) is 38.3 Å². The molecule has 3 nitrogen and oxygen atoms in total. The summed E-state index contributed by atoms with van der Waals surface area (Å²) in [5.41, 5.74) is 1.94. The van der Waals surface area contributed by atoms with Gasteiger partial charge in [-0.25, -0.2) is 4.39 Å². The smallest absolute Gasteiger partial charge is 0.262 e. The maximum atomic E-state index is 13.7. The van der Waals surface area contributed by atoms with Gasteiger partial charge in [-0.2, -0.15) is 0 Å². The number of rotatable bonds is 5. The summed E-state index contributed by atoms with van der Waals surface area (Å²) in [6.07, 6.45) is 0. The zero-order valence-corrected chi connectivity index (χ0v) is 14.0. The lowest BCUT2D eigenvalue weighted by Crippen LogP contribution is -2.21. The third-order valence-electron chi connectivity index (χ3n) is 3.54. The number of carbonyl (C=O) groups excluding carboxylic acids is 1. The summed E-state index contributed by atoms with van der Waals surface area (Å²) in [6.45, 7) is -0.230. The fraction of sp³-hybridized carbons (Fsp3) is 0.0500. The van der Waals surface area contributed by atoms with Crippen molar-refractivity contribution in [2.24, 2.45) is 0 Å². The number of para-hydroxylation sites is 1. The fourth-order valence-electron chi connectivity index (χ4n) is 2.37. The molecule has 1 N–H and O–H groups in total. The standard InChI is InChI=1S/C20H15ClFNO2/c21-15-10-11-18(17(22)12-15)23-20(24)13-25-19-9-5-4-8-16(19)14-6-2-1-3-7-14/h1-12H,13H2,(H,23,24). The maximum absolute atomic E-state index is 13.7. The second-order valence-electron chi connectivity index (χ2n) is 5.32. The number of anilines is 1. The fourth-order valence-corrected chi connectivity index (χ4v) is 2.53. The van der Waals surface area contributed by atoms with Gasteiger partial charge in [-0.3, -0.25) is 4.79 Å². The Kier molecular flexibility index (Phi) is 5.31. The molecule has 0 spiro atoms. The van der Waals surface area contributed by atoms with Crippen molar-refractivity contribution in [2.75, 3.05) is 11.9 Å². The van der Waals surface area contributed by atoms with Crippen LogP contribution in [0.2, 0.25) is 5.02 Å². The summed E-state index contributed by atoms with van der Waals surface area (Å²) in [7, 11) is 0. The van der Waals surface area contributed by atoms with Crippen molar-refractivity contribution in [1.29, 1.82) is 0 Å². The molecular formula is C20H15ClFNO2. The Hall–Kier alpha value is -2.85. The van der Waals surface area contributed by atoms with Gasteiger partial charge in [0.2, 0.25) is 0 Å². The van der Waals surface area contributed by atoms with Gasteiger partial charge in [0.1, 0.15) is 11.6 Å². The molecule has 0 bridgehead atoms. The van der Waals surface area contributed by atoms with E-state index in [-0.39, 0.29) is 17.3 Å². The molecule has 3 aromatic rings. The van der Waals surface area contributed by atoms with Gasteiger partial charge in [-0.15, -0.1) is 0 Å².